The lowest BCUT2D eigenvalue weighted by Gasteiger charge is -2.35. The lowest BCUT2D eigenvalue weighted by atomic mass is 9.85. The molecule has 4 aromatic rings. The number of carbonyl (C=O) groups is 4. The lowest BCUT2D eigenvalue weighted by Crippen LogP contribution is -2.58. The minimum atomic E-state index is -5.34. The highest BCUT2D eigenvalue weighted by Crippen LogP contribution is 2.44. The van der Waals surface area contributed by atoms with E-state index < -0.39 is 117 Å². The smallest absolute Gasteiger partial charge is 0.421 e. The summed E-state index contributed by atoms with van der Waals surface area (Å²) in [7, 11) is 0. The van der Waals surface area contributed by atoms with Crippen molar-refractivity contribution >= 4 is 63.7 Å². The number of thiocarbonyl (C=S) groups is 1. The van der Waals surface area contributed by atoms with Crippen LogP contribution in [0.1, 0.15) is 75.4 Å². The number of aliphatic hydroxyl groups excluding tert-OH is 1. The first kappa shape index (κ1) is 56.0. The van der Waals surface area contributed by atoms with E-state index in [1.165, 1.54) is 36.2 Å². The van der Waals surface area contributed by atoms with Gasteiger partial charge in [-0.3, -0.25) is 24.1 Å². The molecule has 2 saturated heterocycles. The van der Waals surface area contributed by atoms with Crippen molar-refractivity contribution < 1.29 is 69.2 Å². The summed E-state index contributed by atoms with van der Waals surface area (Å²) in [5.41, 5.74) is -3.94. The molecule has 2 fully saturated rings. The van der Waals surface area contributed by atoms with Crippen molar-refractivity contribution in [2.24, 2.45) is 5.41 Å². The van der Waals surface area contributed by atoms with Crippen LogP contribution in [0.2, 0.25) is 0 Å². The van der Waals surface area contributed by atoms with Gasteiger partial charge in [-0.05, 0) is 67.7 Å². The molecule has 0 bridgehead atoms. The summed E-state index contributed by atoms with van der Waals surface area (Å²) in [6, 6.07) is 8.76. The van der Waals surface area contributed by atoms with Gasteiger partial charge >= 0.3 is 12.4 Å². The normalized spacial score (nSPS) is 17.5. The summed E-state index contributed by atoms with van der Waals surface area (Å²) >= 11 is 6.86. The van der Waals surface area contributed by atoms with Crippen molar-refractivity contribution in [2.75, 3.05) is 49.4 Å². The molecule has 0 aliphatic carbocycles. The van der Waals surface area contributed by atoms with Crippen molar-refractivity contribution in [1.29, 1.82) is 5.26 Å². The molecule has 0 unspecified atom stereocenters. The molecular formula is C48H51F7N8O8S2. The topological polar surface area (TPSA) is 200 Å². The zero-order chi connectivity index (χ0) is 53.8. The third-order valence-corrected chi connectivity index (χ3v) is 13.2. The number of nitrogens with one attached hydrogen (secondary N) is 2. The molecule has 73 heavy (non-hydrogen) atoms. The highest BCUT2D eigenvalue weighted by molar-refractivity contribution is 7.81. The van der Waals surface area contributed by atoms with E-state index in [0.29, 0.717) is 17.0 Å². The number of aryl methyl sites for hydroxylation is 1. The number of alkyl halides is 6. The third-order valence-electron chi connectivity index (χ3n) is 11.8. The average Bonchev–Trinajstić information content (AvgIpc) is 3.98. The van der Waals surface area contributed by atoms with Crippen molar-refractivity contribution in [2.45, 2.75) is 97.0 Å². The maximum absolute atomic E-state index is 15.4. The number of pyridine rings is 1. The van der Waals surface area contributed by atoms with Gasteiger partial charge in [0, 0.05) is 32.5 Å². The summed E-state index contributed by atoms with van der Waals surface area (Å²) in [6.07, 6.45) is -10.4. The first-order valence-electron chi connectivity index (χ1n) is 22.6. The number of nitrogens with zero attached hydrogens (tertiary/aromatic N) is 6. The monoisotopic (exact) mass is 1060 g/mol. The van der Waals surface area contributed by atoms with E-state index in [1.54, 1.807) is 26.3 Å². The number of hydrogen-bond donors (Lipinski definition) is 3. The van der Waals surface area contributed by atoms with Gasteiger partial charge in [-0.1, -0.05) is 45.0 Å². The lowest BCUT2D eigenvalue weighted by molar-refractivity contribution is -0.144. The summed E-state index contributed by atoms with van der Waals surface area (Å²) in [4.78, 5) is 65.6. The molecule has 0 saturated carbocycles. The Balaban J connectivity index is 0.962. The largest absolute Gasteiger partial charge is 0.477 e. The van der Waals surface area contributed by atoms with Gasteiger partial charge in [0.25, 0.3) is 5.91 Å². The van der Waals surface area contributed by atoms with Crippen LogP contribution in [0.5, 0.6) is 5.88 Å². The van der Waals surface area contributed by atoms with Crippen LogP contribution >= 0.6 is 23.6 Å². The Labute approximate surface area is 424 Å². The van der Waals surface area contributed by atoms with Gasteiger partial charge in [-0.2, -0.15) is 31.6 Å². The zero-order valence-electron chi connectivity index (χ0n) is 40.2. The Morgan fingerprint density at radius 1 is 1.00 bits per heavy atom. The van der Waals surface area contributed by atoms with Crippen LogP contribution < -0.4 is 25.2 Å². The van der Waals surface area contributed by atoms with Crippen LogP contribution in [-0.2, 0) is 47.5 Å². The van der Waals surface area contributed by atoms with Crippen molar-refractivity contribution in [3.63, 3.8) is 0 Å². The Morgan fingerprint density at radius 3 is 2.30 bits per heavy atom. The molecule has 2 aromatic carbocycles. The van der Waals surface area contributed by atoms with Gasteiger partial charge in [0.15, 0.2) is 10.9 Å². The number of thiazole rings is 1. The first-order chi connectivity index (χ1) is 34.2. The number of hydrogen-bond acceptors (Lipinski definition) is 13. The number of nitriles is 1. The van der Waals surface area contributed by atoms with Crippen LogP contribution in [0.4, 0.5) is 42.1 Å². The van der Waals surface area contributed by atoms with E-state index in [2.05, 4.69) is 20.6 Å². The Hall–Kier alpha value is -6.33. The molecule has 16 nitrogen and oxygen atoms in total. The average molecular weight is 1070 g/mol. The molecular weight excluding hydrogens is 1010 g/mol. The third kappa shape index (κ3) is 12.7. The van der Waals surface area contributed by atoms with Crippen LogP contribution in [-0.4, -0.2) is 112 Å². The number of rotatable bonds is 18. The van der Waals surface area contributed by atoms with E-state index in [4.69, 9.17) is 31.7 Å². The Morgan fingerprint density at radius 2 is 1.68 bits per heavy atom. The van der Waals surface area contributed by atoms with E-state index in [1.807, 2.05) is 31.2 Å². The molecule has 3 N–H and O–H groups in total. The summed E-state index contributed by atoms with van der Waals surface area (Å²) < 4.78 is 116. The van der Waals surface area contributed by atoms with E-state index in [-0.39, 0.29) is 52.4 Å². The molecule has 2 aromatic heterocycles. The number of amides is 4. The van der Waals surface area contributed by atoms with Crippen LogP contribution in [0.15, 0.2) is 54.2 Å². The number of aliphatic hydroxyl groups is 1. The fourth-order valence-electron chi connectivity index (χ4n) is 8.13. The molecule has 392 valence electrons. The number of ether oxygens (including phenoxy) is 3. The highest BCUT2D eigenvalue weighted by Gasteiger charge is 2.53. The number of β-amino-alcohol motifs (C(OH)–C–C–N with tert-alkyl or cyclic N) is 1. The van der Waals surface area contributed by atoms with E-state index >= 15 is 4.39 Å². The summed E-state index contributed by atoms with van der Waals surface area (Å²) in [6.45, 7) is 8.67. The molecule has 2 aliphatic heterocycles. The quantitative estimate of drug-likeness (QED) is 0.0519. The fourth-order valence-corrected chi connectivity index (χ4v) is 9.45. The number of anilines is 2. The predicted octanol–water partition coefficient (Wildman–Crippen LogP) is 7.09. The SMILES string of the molecule is Cc1ncsc1-c1ccc(CNC(=O)[C@@H]2C[C@@H](O)CN2C(=O)[C@@H](NC(=O)COCCOCCCOc2ncc(N3C(=S)N(c4ccc(C#N)c(C(F)(F)F)c4F)C(=O)C3(C)C)cc2C(F)(F)F)C(C)(C)C)cc1. The van der Waals surface area contributed by atoms with Crippen molar-refractivity contribution in [3.8, 4) is 22.4 Å². The van der Waals surface area contributed by atoms with Gasteiger partial charge in [0.2, 0.25) is 23.6 Å². The summed E-state index contributed by atoms with van der Waals surface area (Å²) in [5.74, 6) is -5.56. The molecule has 4 heterocycles. The van der Waals surface area contributed by atoms with Gasteiger partial charge in [-0.25, -0.2) is 14.4 Å². The standard InChI is InChI=1S/C48H51F7N8O8S2/c1-26-38(73-25-59-26)28-10-8-27(9-11-28)21-57-40(66)34-19-31(64)23-61(34)42(67)39(45(2,3)4)60-35(65)24-70-17-16-69-14-7-15-71-41-32(47(50,51)52)18-30(22-58-41)63-44(72)62(43(68)46(63,5)6)33-13-12-29(20-56)36(37(33)49)48(53,54)55/h8-13,18,22,25,31,34,39,64H,7,14-17,19,21,23-24H2,1-6H3,(H,57,66)(H,60,65)/t31-,34+,39-/m1/s1. The van der Waals surface area contributed by atoms with Gasteiger partial charge in [-0.15, -0.1) is 11.3 Å². The number of aromatic nitrogens is 2. The minimum absolute atomic E-state index is 0.00814. The zero-order valence-corrected chi connectivity index (χ0v) is 41.9. The fraction of sp³-hybridized carbons (Fsp3) is 0.458. The molecule has 0 radical (unpaired) electrons. The number of benzene rings is 2. The maximum Gasteiger partial charge on any atom is 0.421 e. The van der Waals surface area contributed by atoms with Gasteiger partial charge < -0.3 is 39.8 Å². The molecule has 0 spiro atoms. The van der Waals surface area contributed by atoms with Crippen LogP contribution in [0.25, 0.3) is 10.4 Å². The van der Waals surface area contributed by atoms with E-state index in [9.17, 15) is 50.6 Å². The summed E-state index contributed by atoms with van der Waals surface area (Å²) in [5, 5.41) is 24.6. The Bertz CT molecular complexity index is 2760. The minimum Gasteiger partial charge on any atom is -0.477 e. The molecule has 25 heteroatoms. The highest BCUT2D eigenvalue weighted by atomic mass is 32.1. The number of likely N-dealkylation sites (tertiary alicyclic amines) is 1. The van der Waals surface area contributed by atoms with Crippen molar-refractivity contribution in [1.82, 2.24) is 25.5 Å². The second-order valence-electron chi connectivity index (χ2n) is 18.6. The van der Waals surface area contributed by atoms with Crippen LogP contribution in [0.3, 0.4) is 0 Å². The van der Waals surface area contributed by atoms with Crippen molar-refractivity contribution in [3.05, 3.63) is 87.9 Å². The van der Waals surface area contributed by atoms with Gasteiger partial charge in [0.05, 0.1) is 71.2 Å². The number of carbonyl (C=O) groups excluding carboxylic acids is 4. The molecule has 4 amide bonds. The van der Waals surface area contributed by atoms with Gasteiger partial charge in [0.1, 0.15) is 35.4 Å². The second-order valence-corrected chi connectivity index (χ2v) is 19.8. The second kappa shape index (κ2) is 22.4. The van der Waals surface area contributed by atoms with Crippen LogP contribution in [0, 0.1) is 29.5 Å². The number of halogens is 7. The molecule has 2 aliphatic rings. The van der Waals surface area contributed by atoms with E-state index in [0.717, 1.165) is 38.9 Å². The Kier molecular flexibility index (Phi) is 17.2. The molecule has 3 atom stereocenters. The maximum atomic E-state index is 15.4. The molecule has 6 rings (SSSR count). The first-order valence-corrected chi connectivity index (χ1v) is 23.8. The predicted molar refractivity (Wildman–Crippen MR) is 255 cm³/mol.